The number of aromatic nitrogens is 1. The monoisotopic (exact) mass is 401 g/mol. The van der Waals surface area contributed by atoms with Crippen molar-refractivity contribution < 1.29 is 9.53 Å². The number of nitriles is 1. The van der Waals surface area contributed by atoms with E-state index in [1.165, 1.54) is 0 Å². The van der Waals surface area contributed by atoms with Gasteiger partial charge in [0, 0.05) is 24.0 Å². The molecule has 1 atom stereocenters. The Kier molecular flexibility index (Phi) is 7.16. The molecule has 1 unspecified atom stereocenters. The summed E-state index contributed by atoms with van der Waals surface area (Å²) >= 11 is 0. The van der Waals surface area contributed by atoms with Crippen LogP contribution in [-0.4, -0.2) is 35.5 Å². The van der Waals surface area contributed by atoms with Crippen molar-refractivity contribution in [2.75, 3.05) is 19.7 Å². The number of rotatable bonds is 8. The molecule has 154 valence electrons. The van der Waals surface area contributed by atoms with Crippen LogP contribution in [0.1, 0.15) is 36.8 Å². The van der Waals surface area contributed by atoms with Gasteiger partial charge in [-0.05, 0) is 32.0 Å². The third-order valence-electron chi connectivity index (χ3n) is 5.08. The third-order valence-corrected chi connectivity index (χ3v) is 5.08. The number of hydrogen-bond acceptors (Lipinski definition) is 5. The van der Waals surface area contributed by atoms with Gasteiger partial charge in [0.25, 0.3) is 0 Å². The van der Waals surface area contributed by atoms with Crippen molar-refractivity contribution in [3.05, 3.63) is 65.9 Å². The van der Waals surface area contributed by atoms with Crippen LogP contribution in [0, 0.1) is 17.2 Å². The first-order valence-electron chi connectivity index (χ1n) is 10.3. The summed E-state index contributed by atoms with van der Waals surface area (Å²) in [4.78, 5) is 20.1. The smallest absolute Gasteiger partial charge is 0.340 e. The van der Waals surface area contributed by atoms with Gasteiger partial charge in [0.05, 0.1) is 35.4 Å². The number of hydrogen-bond donors (Lipinski definition) is 0. The highest BCUT2D eigenvalue weighted by molar-refractivity contribution is 6.07. The predicted octanol–water partition coefficient (Wildman–Crippen LogP) is 5.06. The Hall–Kier alpha value is -3.23. The molecule has 0 radical (unpaired) electrons. The molecule has 0 aliphatic carbocycles. The number of fused-ring (bicyclic) bond motifs is 1. The maximum atomic E-state index is 13.1. The standard InChI is InChI=1S/C25H27N3O2/c1-4-28(16-18(3)15-26)17-22-24(25(29)30-5-2)23(19-11-7-6-8-12-19)20-13-9-10-14-21(20)27-22/h6-14,18H,4-5,16-17H2,1-3H3. The van der Waals surface area contributed by atoms with Gasteiger partial charge in [-0.3, -0.25) is 9.88 Å². The quantitative estimate of drug-likeness (QED) is 0.494. The van der Waals surface area contributed by atoms with Crippen molar-refractivity contribution in [2.24, 2.45) is 5.92 Å². The van der Waals surface area contributed by atoms with E-state index in [0.29, 0.717) is 31.0 Å². The van der Waals surface area contributed by atoms with Crippen molar-refractivity contribution in [1.29, 1.82) is 5.26 Å². The fourth-order valence-corrected chi connectivity index (χ4v) is 3.65. The lowest BCUT2D eigenvalue weighted by Crippen LogP contribution is -2.29. The van der Waals surface area contributed by atoms with Gasteiger partial charge in [0.2, 0.25) is 0 Å². The van der Waals surface area contributed by atoms with Gasteiger partial charge in [-0.15, -0.1) is 0 Å². The topological polar surface area (TPSA) is 66.2 Å². The van der Waals surface area contributed by atoms with Crippen molar-refractivity contribution >= 4 is 16.9 Å². The number of esters is 1. The molecule has 0 bridgehead atoms. The van der Waals surface area contributed by atoms with Gasteiger partial charge in [0.15, 0.2) is 0 Å². The second-order valence-electron chi connectivity index (χ2n) is 7.27. The van der Waals surface area contributed by atoms with E-state index in [9.17, 15) is 10.1 Å². The molecule has 5 heteroatoms. The van der Waals surface area contributed by atoms with E-state index < -0.39 is 0 Å². The molecule has 5 nitrogen and oxygen atoms in total. The Labute approximate surface area is 177 Å². The first-order valence-corrected chi connectivity index (χ1v) is 10.3. The molecule has 3 aromatic rings. The minimum atomic E-state index is -0.367. The molecule has 1 aromatic heterocycles. The second kappa shape index (κ2) is 10.00. The van der Waals surface area contributed by atoms with Crippen LogP contribution in [0.2, 0.25) is 0 Å². The lowest BCUT2D eigenvalue weighted by atomic mass is 9.93. The largest absolute Gasteiger partial charge is 0.462 e. The number of nitrogens with zero attached hydrogens (tertiary/aromatic N) is 3. The molecule has 2 aromatic carbocycles. The fraction of sp³-hybridized carbons (Fsp3) is 0.320. The zero-order chi connectivity index (χ0) is 21.5. The van der Waals surface area contributed by atoms with Crippen molar-refractivity contribution in [1.82, 2.24) is 9.88 Å². The number of pyridine rings is 1. The molecule has 0 amide bonds. The van der Waals surface area contributed by atoms with E-state index in [0.717, 1.165) is 28.6 Å². The van der Waals surface area contributed by atoms with E-state index >= 15 is 0 Å². The summed E-state index contributed by atoms with van der Waals surface area (Å²) < 4.78 is 5.45. The Morgan fingerprint density at radius 2 is 1.83 bits per heavy atom. The molecular weight excluding hydrogens is 374 g/mol. The Morgan fingerprint density at radius 3 is 2.50 bits per heavy atom. The molecule has 0 saturated carbocycles. The highest BCUT2D eigenvalue weighted by atomic mass is 16.5. The number of benzene rings is 2. The van der Waals surface area contributed by atoms with E-state index in [-0.39, 0.29) is 11.9 Å². The summed E-state index contributed by atoms with van der Waals surface area (Å²) in [6.07, 6.45) is 0. The average molecular weight is 402 g/mol. The van der Waals surface area contributed by atoms with Crippen molar-refractivity contribution in [3.8, 4) is 17.2 Å². The summed E-state index contributed by atoms with van der Waals surface area (Å²) in [6, 6.07) is 20.0. The van der Waals surface area contributed by atoms with Crippen LogP contribution in [0.3, 0.4) is 0 Å². The van der Waals surface area contributed by atoms with Crippen LogP contribution < -0.4 is 0 Å². The highest BCUT2D eigenvalue weighted by Gasteiger charge is 2.24. The first kappa shape index (κ1) is 21.5. The van der Waals surface area contributed by atoms with E-state index in [1.54, 1.807) is 6.92 Å². The summed E-state index contributed by atoms with van der Waals surface area (Å²) in [6.45, 7) is 7.89. The van der Waals surface area contributed by atoms with Gasteiger partial charge in [-0.2, -0.15) is 5.26 Å². The van der Waals surface area contributed by atoms with E-state index in [4.69, 9.17) is 9.72 Å². The normalized spacial score (nSPS) is 12.0. The van der Waals surface area contributed by atoms with E-state index in [2.05, 4.69) is 11.0 Å². The Bertz CT molecular complexity index is 1060. The zero-order valence-corrected chi connectivity index (χ0v) is 17.8. The number of ether oxygens (including phenoxy) is 1. The molecule has 1 heterocycles. The van der Waals surface area contributed by atoms with E-state index in [1.807, 2.05) is 68.4 Å². The lowest BCUT2D eigenvalue weighted by molar-refractivity contribution is 0.0524. The zero-order valence-electron chi connectivity index (χ0n) is 17.8. The van der Waals surface area contributed by atoms with Crippen molar-refractivity contribution in [3.63, 3.8) is 0 Å². The molecular formula is C25H27N3O2. The molecule has 0 aliphatic rings. The van der Waals surface area contributed by atoms with Crippen molar-refractivity contribution in [2.45, 2.75) is 27.3 Å². The molecule has 0 fully saturated rings. The molecule has 0 aliphatic heterocycles. The van der Waals surface area contributed by atoms with Gasteiger partial charge < -0.3 is 4.74 Å². The van der Waals surface area contributed by atoms with Gasteiger partial charge in [0.1, 0.15) is 0 Å². The fourth-order valence-electron chi connectivity index (χ4n) is 3.65. The molecule has 0 saturated heterocycles. The van der Waals surface area contributed by atoms with Crippen LogP contribution in [0.25, 0.3) is 22.0 Å². The molecule has 0 N–H and O–H groups in total. The van der Waals surface area contributed by atoms with Crippen LogP contribution in [0.5, 0.6) is 0 Å². The van der Waals surface area contributed by atoms with Gasteiger partial charge in [-0.25, -0.2) is 4.79 Å². The minimum absolute atomic E-state index is 0.106. The number of carbonyl (C=O) groups excluding carboxylic acids is 1. The SMILES string of the molecule is CCOC(=O)c1c(CN(CC)CC(C)C#N)nc2ccccc2c1-c1ccccc1. The first-order chi connectivity index (χ1) is 14.6. The lowest BCUT2D eigenvalue weighted by Gasteiger charge is -2.24. The predicted molar refractivity (Wildman–Crippen MR) is 119 cm³/mol. The maximum absolute atomic E-state index is 13.1. The summed E-state index contributed by atoms with van der Waals surface area (Å²) in [5.74, 6) is -0.473. The molecule has 3 rings (SSSR count). The number of carbonyl (C=O) groups is 1. The highest BCUT2D eigenvalue weighted by Crippen LogP contribution is 2.34. The summed E-state index contributed by atoms with van der Waals surface area (Å²) in [5, 5.41) is 10.1. The second-order valence-corrected chi connectivity index (χ2v) is 7.27. The maximum Gasteiger partial charge on any atom is 0.340 e. The summed E-state index contributed by atoms with van der Waals surface area (Å²) in [7, 11) is 0. The molecule has 0 spiro atoms. The van der Waals surface area contributed by atoms with Crippen LogP contribution in [0.4, 0.5) is 0 Å². The Morgan fingerprint density at radius 1 is 1.13 bits per heavy atom. The molecule has 30 heavy (non-hydrogen) atoms. The summed E-state index contributed by atoms with van der Waals surface area (Å²) in [5.41, 5.74) is 3.82. The minimum Gasteiger partial charge on any atom is -0.462 e. The number of para-hydroxylation sites is 1. The third kappa shape index (κ3) is 4.67. The van der Waals surface area contributed by atoms with Crippen LogP contribution >= 0.6 is 0 Å². The van der Waals surface area contributed by atoms with Gasteiger partial charge in [-0.1, -0.05) is 55.5 Å². The van der Waals surface area contributed by atoms with Crippen LogP contribution in [-0.2, 0) is 11.3 Å². The average Bonchev–Trinajstić information content (AvgIpc) is 2.78. The van der Waals surface area contributed by atoms with Gasteiger partial charge >= 0.3 is 5.97 Å². The Balaban J connectivity index is 2.24. The van der Waals surface area contributed by atoms with Crippen LogP contribution in [0.15, 0.2) is 54.6 Å².